The molecule has 3 nitrogen and oxygen atoms in total. The summed E-state index contributed by atoms with van der Waals surface area (Å²) < 4.78 is 10.5. The Morgan fingerprint density at radius 3 is 2.56 bits per heavy atom. The number of benzene rings is 1. The van der Waals surface area contributed by atoms with E-state index >= 15 is 0 Å². The number of aryl methyl sites for hydroxylation is 1. The zero-order valence-electron chi connectivity index (χ0n) is 9.19. The van der Waals surface area contributed by atoms with Gasteiger partial charge in [-0.25, -0.2) is 0 Å². The maximum Gasteiger partial charge on any atom is 0.308 e. The number of esters is 1. The highest BCUT2D eigenvalue weighted by Crippen LogP contribution is 2.30. The van der Waals surface area contributed by atoms with Gasteiger partial charge < -0.3 is 9.15 Å². The highest BCUT2D eigenvalue weighted by atomic mass is 16.5. The van der Waals surface area contributed by atoms with Crippen LogP contribution in [0.15, 0.2) is 40.8 Å². The maximum atomic E-state index is 10.8. The SMILES string of the molecule is CC(=O)Oc1cc(-c2ccccc2)oc1C. The van der Waals surface area contributed by atoms with Crippen LogP contribution in [0.25, 0.3) is 11.3 Å². The number of furan rings is 1. The van der Waals surface area contributed by atoms with Crippen LogP contribution >= 0.6 is 0 Å². The Hall–Kier alpha value is -2.03. The molecule has 0 aliphatic carbocycles. The van der Waals surface area contributed by atoms with E-state index in [-0.39, 0.29) is 5.97 Å². The normalized spacial score (nSPS) is 10.1. The van der Waals surface area contributed by atoms with Gasteiger partial charge in [0.15, 0.2) is 5.75 Å². The van der Waals surface area contributed by atoms with Crippen LogP contribution in [0.1, 0.15) is 12.7 Å². The van der Waals surface area contributed by atoms with Crippen molar-refractivity contribution in [2.45, 2.75) is 13.8 Å². The lowest BCUT2D eigenvalue weighted by Gasteiger charge is -1.95. The second-order valence-corrected chi connectivity index (χ2v) is 3.49. The molecular weight excluding hydrogens is 204 g/mol. The minimum atomic E-state index is -0.344. The summed E-state index contributed by atoms with van der Waals surface area (Å²) in [6.07, 6.45) is 0. The molecule has 2 rings (SSSR count). The van der Waals surface area contributed by atoms with Crippen LogP contribution < -0.4 is 4.74 Å². The summed E-state index contributed by atoms with van der Waals surface area (Å²) in [5.41, 5.74) is 0.962. The third-order valence-electron chi connectivity index (χ3n) is 2.18. The molecule has 0 N–H and O–H groups in total. The smallest absolute Gasteiger partial charge is 0.308 e. The molecule has 0 saturated heterocycles. The summed E-state index contributed by atoms with van der Waals surface area (Å²) in [4.78, 5) is 10.8. The van der Waals surface area contributed by atoms with E-state index in [1.54, 1.807) is 13.0 Å². The van der Waals surface area contributed by atoms with Crippen molar-refractivity contribution in [3.63, 3.8) is 0 Å². The van der Waals surface area contributed by atoms with Gasteiger partial charge in [-0.05, 0) is 6.92 Å². The van der Waals surface area contributed by atoms with Gasteiger partial charge in [0.1, 0.15) is 11.5 Å². The molecule has 0 amide bonds. The van der Waals surface area contributed by atoms with Crippen LogP contribution in [-0.2, 0) is 4.79 Å². The summed E-state index contributed by atoms with van der Waals surface area (Å²) in [5, 5.41) is 0. The van der Waals surface area contributed by atoms with Gasteiger partial charge in [0, 0.05) is 18.6 Å². The van der Waals surface area contributed by atoms with Crippen molar-refractivity contribution in [1.29, 1.82) is 0 Å². The lowest BCUT2D eigenvalue weighted by atomic mass is 10.2. The Bertz CT molecular complexity index is 497. The molecule has 82 valence electrons. The number of hydrogen-bond donors (Lipinski definition) is 0. The lowest BCUT2D eigenvalue weighted by Crippen LogP contribution is -2.00. The Labute approximate surface area is 93.7 Å². The van der Waals surface area contributed by atoms with E-state index in [0.717, 1.165) is 5.56 Å². The third-order valence-corrected chi connectivity index (χ3v) is 2.18. The topological polar surface area (TPSA) is 39.4 Å². The summed E-state index contributed by atoms with van der Waals surface area (Å²) >= 11 is 0. The number of hydrogen-bond acceptors (Lipinski definition) is 3. The Morgan fingerprint density at radius 1 is 1.25 bits per heavy atom. The van der Waals surface area contributed by atoms with Crippen molar-refractivity contribution in [2.75, 3.05) is 0 Å². The van der Waals surface area contributed by atoms with E-state index in [1.807, 2.05) is 30.3 Å². The van der Waals surface area contributed by atoms with Gasteiger partial charge >= 0.3 is 5.97 Å². The molecular formula is C13H12O3. The molecule has 2 aromatic rings. The maximum absolute atomic E-state index is 10.8. The first-order valence-corrected chi connectivity index (χ1v) is 5.01. The highest BCUT2D eigenvalue weighted by molar-refractivity contribution is 5.70. The molecule has 0 saturated carbocycles. The molecule has 16 heavy (non-hydrogen) atoms. The van der Waals surface area contributed by atoms with E-state index in [1.165, 1.54) is 6.92 Å². The Morgan fingerprint density at radius 2 is 1.94 bits per heavy atom. The fourth-order valence-electron chi connectivity index (χ4n) is 1.47. The van der Waals surface area contributed by atoms with Gasteiger partial charge in [0.05, 0.1) is 0 Å². The van der Waals surface area contributed by atoms with Gasteiger partial charge in [-0.3, -0.25) is 4.79 Å². The Kier molecular flexibility index (Phi) is 2.77. The molecule has 3 heteroatoms. The summed E-state index contributed by atoms with van der Waals surface area (Å²) in [7, 11) is 0. The number of carbonyl (C=O) groups is 1. The molecule has 0 fully saturated rings. The van der Waals surface area contributed by atoms with Crippen LogP contribution in [0.4, 0.5) is 0 Å². The van der Waals surface area contributed by atoms with Gasteiger partial charge in [0.25, 0.3) is 0 Å². The van der Waals surface area contributed by atoms with E-state index in [9.17, 15) is 4.79 Å². The molecule has 0 radical (unpaired) electrons. The average Bonchev–Trinajstić information content (AvgIpc) is 2.61. The molecule has 0 bridgehead atoms. The van der Waals surface area contributed by atoms with Crippen molar-refractivity contribution < 1.29 is 13.9 Å². The molecule has 1 heterocycles. The fourth-order valence-corrected chi connectivity index (χ4v) is 1.47. The predicted molar refractivity (Wildman–Crippen MR) is 60.2 cm³/mol. The zero-order chi connectivity index (χ0) is 11.5. The van der Waals surface area contributed by atoms with Gasteiger partial charge in [0.2, 0.25) is 0 Å². The average molecular weight is 216 g/mol. The largest absolute Gasteiger partial charge is 0.457 e. The minimum absolute atomic E-state index is 0.344. The van der Waals surface area contributed by atoms with Crippen molar-refractivity contribution >= 4 is 5.97 Å². The molecule has 1 aromatic carbocycles. The third kappa shape index (κ3) is 2.14. The van der Waals surface area contributed by atoms with E-state index in [2.05, 4.69) is 0 Å². The second-order valence-electron chi connectivity index (χ2n) is 3.49. The molecule has 0 spiro atoms. The lowest BCUT2D eigenvalue weighted by molar-refractivity contribution is -0.131. The molecule has 0 atom stereocenters. The number of ether oxygens (including phenoxy) is 1. The summed E-state index contributed by atoms with van der Waals surface area (Å²) in [5.74, 6) is 1.44. The summed E-state index contributed by atoms with van der Waals surface area (Å²) in [6.45, 7) is 3.14. The van der Waals surface area contributed by atoms with E-state index in [4.69, 9.17) is 9.15 Å². The molecule has 0 unspecified atom stereocenters. The molecule has 0 aliphatic rings. The molecule has 1 aromatic heterocycles. The first kappa shape index (κ1) is 10.5. The number of carbonyl (C=O) groups excluding carboxylic acids is 1. The summed E-state index contributed by atoms with van der Waals surface area (Å²) in [6, 6.07) is 11.4. The van der Waals surface area contributed by atoms with Crippen molar-refractivity contribution in [1.82, 2.24) is 0 Å². The minimum Gasteiger partial charge on any atom is -0.457 e. The van der Waals surface area contributed by atoms with Crippen molar-refractivity contribution in [3.8, 4) is 17.1 Å². The second kappa shape index (κ2) is 4.23. The van der Waals surface area contributed by atoms with Crippen LogP contribution in [0.5, 0.6) is 5.75 Å². The quantitative estimate of drug-likeness (QED) is 0.724. The van der Waals surface area contributed by atoms with Crippen LogP contribution in [-0.4, -0.2) is 5.97 Å². The predicted octanol–water partition coefficient (Wildman–Crippen LogP) is 3.18. The van der Waals surface area contributed by atoms with Gasteiger partial charge in [-0.1, -0.05) is 30.3 Å². The standard InChI is InChI=1S/C13H12O3/c1-9-12(16-10(2)14)8-13(15-9)11-6-4-3-5-7-11/h3-8H,1-2H3. The van der Waals surface area contributed by atoms with Crippen LogP contribution in [0.2, 0.25) is 0 Å². The van der Waals surface area contributed by atoms with Gasteiger partial charge in [-0.15, -0.1) is 0 Å². The van der Waals surface area contributed by atoms with E-state index < -0.39 is 0 Å². The van der Waals surface area contributed by atoms with Gasteiger partial charge in [-0.2, -0.15) is 0 Å². The first-order valence-electron chi connectivity index (χ1n) is 5.01. The molecule has 0 aliphatic heterocycles. The Balaban J connectivity index is 2.34. The monoisotopic (exact) mass is 216 g/mol. The van der Waals surface area contributed by atoms with Crippen molar-refractivity contribution in [2.24, 2.45) is 0 Å². The zero-order valence-corrected chi connectivity index (χ0v) is 9.19. The first-order chi connectivity index (χ1) is 7.66. The van der Waals surface area contributed by atoms with Crippen LogP contribution in [0, 0.1) is 6.92 Å². The van der Waals surface area contributed by atoms with E-state index in [0.29, 0.717) is 17.3 Å². The highest BCUT2D eigenvalue weighted by Gasteiger charge is 2.11. The fraction of sp³-hybridized carbons (Fsp3) is 0.154. The van der Waals surface area contributed by atoms with Crippen molar-refractivity contribution in [3.05, 3.63) is 42.2 Å². The number of rotatable bonds is 2. The van der Waals surface area contributed by atoms with Crippen LogP contribution in [0.3, 0.4) is 0 Å².